The number of rotatable bonds is 4. The van der Waals surface area contributed by atoms with Gasteiger partial charge in [-0.15, -0.1) is 0 Å². The number of carbonyl (C=O) groups excluding carboxylic acids is 1. The molecule has 0 unspecified atom stereocenters. The normalized spacial score (nSPS) is 12.2. The molecule has 26 heavy (non-hydrogen) atoms. The van der Waals surface area contributed by atoms with Crippen molar-refractivity contribution in [2.45, 2.75) is 18.8 Å². The molecule has 2 aromatic carbocycles. The number of halogens is 8. The third-order valence-electron chi connectivity index (χ3n) is 3.19. The summed E-state index contributed by atoms with van der Waals surface area (Å²) in [6, 6.07) is 1.33. The van der Waals surface area contributed by atoms with Crippen LogP contribution < -0.4 is 4.74 Å². The van der Waals surface area contributed by atoms with Crippen molar-refractivity contribution in [3.63, 3.8) is 0 Å². The topological polar surface area (TPSA) is 26.3 Å². The number of ether oxygens (including phenoxy) is 1. The Kier molecular flexibility index (Phi) is 5.24. The van der Waals surface area contributed by atoms with E-state index in [2.05, 4.69) is 0 Å². The highest BCUT2D eigenvalue weighted by atomic mass is 19.4. The first-order valence-corrected chi connectivity index (χ1v) is 6.80. The smallest absolute Gasteiger partial charge is 0.416 e. The molecule has 0 aliphatic heterocycles. The van der Waals surface area contributed by atoms with E-state index in [1.807, 2.05) is 0 Å². The van der Waals surface area contributed by atoms with E-state index in [0.717, 1.165) is 0 Å². The van der Waals surface area contributed by atoms with Gasteiger partial charge in [0.25, 0.3) is 0 Å². The minimum Gasteiger partial charge on any atom is -0.454 e. The molecule has 0 bridgehead atoms. The van der Waals surface area contributed by atoms with Gasteiger partial charge in [0, 0.05) is 12.5 Å². The van der Waals surface area contributed by atoms with Crippen molar-refractivity contribution >= 4 is 6.29 Å². The summed E-state index contributed by atoms with van der Waals surface area (Å²) in [5.41, 5.74) is -3.67. The number of alkyl halides is 6. The number of aldehydes is 1. The SMILES string of the molecule is O=CCc1cc(F)c(Oc2cc(C(F)(F)F)cc(C(F)(F)F)c2)cc1F. The Balaban J connectivity index is 2.49. The average molecular weight is 384 g/mol. The van der Waals surface area contributed by atoms with Crippen molar-refractivity contribution in [1.82, 2.24) is 0 Å². The Bertz CT molecular complexity index is 792. The second-order valence-electron chi connectivity index (χ2n) is 5.09. The predicted molar refractivity (Wildman–Crippen MR) is 72.6 cm³/mol. The van der Waals surface area contributed by atoms with Crippen LogP contribution in [0.2, 0.25) is 0 Å². The maximum atomic E-state index is 13.9. The van der Waals surface area contributed by atoms with Gasteiger partial charge in [-0.1, -0.05) is 0 Å². The Morgan fingerprint density at radius 2 is 1.35 bits per heavy atom. The summed E-state index contributed by atoms with van der Waals surface area (Å²) < 4.78 is 109. The fourth-order valence-electron chi connectivity index (χ4n) is 2.01. The van der Waals surface area contributed by atoms with Crippen LogP contribution >= 0.6 is 0 Å². The maximum Gasteiger partial charge on any atom is 0.416 e. The van der Waals surface area contributed by atoms with Crippen molar-refractivity contribution < 1.29 is 44.7 Å². The van der Waals surface area contributed by atoms with Gasteiger partial charge in [0.1, 0.15) is 17.9 Å². The lowest BCUT2D eigenvalue weighted by molar-refractivity contribution is -0.143. The van der Waals surface area contributed by atoms with Crippen LogP contribution in [0.4, 0.5) is 35.1 Å². The molecule has 0 aliphatic carbocycles. The molecule has 0 fully saturated rings. The maximum absolute atomic E-state index is 13.9. The van der Waals surface area contributed by atoms with Crippen LogP contribution in [0.5, 0.6) is 11.5 Å². The molecule has 10 heteroatoms. The average Bonchev–Trinajstić information content (AvgIpc) is 2.50. The van der Waals surface area contributed by atoms with E-state index < -0.39 is 53.0 Å². The second-order valence-corrected chi connectivity index (χ2v) is 5.09. The van der Waals surface area contributed by atoms with Crippen LogP contribution in [-0.4, -0.2) is 6.29 Å². The Morgan fingerprint density at radius 3 is 1.81 bits per heavy atom. The molecule has 0 radical (unpaired) electrons. The van der Waals surface area contributed by atoms with Gasteiger partial charge in [-0.2, -0.15) is 26.3 Å². The van der Waals surface area contributed by atoms with Crippen molar-refractivity contribution in [2.75, 3.05) is 0 Å². The first kappa shape index (κ1) is 19.7. The zero-order chi connectivity index (χ0) is 19.7. The van der Waals surface area contributed by atoms with Gasteiger partial charge in [0.05, 0.1) is 11.1 Å². The van der Waals surface area contributed by atoms with Crippen LogP contribution in [0.25, 0.3) is 0 Å². The summed E-state index contributed by atoms with van der Waals surface area (Å²) in [6.07, 6.45) is -10.4. The fraction of sp³-hybridized carbons (Fsp3) is 0.188. The molecule has 0 saturated carbocycles. The summed E-state index contributed by atoms with van der Waals surface area (Å²) >= 11 is 0. The predicted octanol–water partition coefficient (Wildman–Crippen LogP) is 5.54. The van der Waals surface area contributed by atoms with E-state index in [1.54, 1.807) is 0 Å². The molecular weight excluding hydrogens is 376 g/mol. The Hall–Kier alpha value is -2.65. The lowest BCUT2D eigenvalue weighted by Crippen LogP contribution is -2.11. The first-order chi connectivity index (χ1) is 11.9. The molecule has 0 spiro atoms. The molecule has 0 saturated heterocycles. The summed E-state index contributed by atoms with van der Waals surface area (Å²) in [6.45, 7) is 0. The molecule has 140 valence electrons. The highest BCUT2D eigenvalue weighted by Gasteiger charge is 2.37. The lowest BCUT2D eigenvalue weighted by atomic mass is 10.1. The lowest BCUT2D eigenvalue weighted by Gasteiger charge is -2.15. The van der Waals surface area contributed by atoms with E-state index in [1.165, 1.54) is 0 Å². The van der Waals surface area contributed by atoms with Crippen molar-refractivity contribution in [3.8, 4) is 11.5 Å². The van der Waals surface area contributed by atoms with E-state index in [0.29, 0.717) is 18.4 Å². The molecule has 0 heterocycles. The molecule has 2 nitrogen and oxygen atoms in total. The number of carbonyl (C=O) groups is 1. The Labute approximate surface area is 141 Å². The molecule has 0 N–H and O–H groups in total. The van der Waals surface area contributed by atoms with Crippen molar-refractivity contribution in [2.24, 2.45) is 0 Å². The minimum absolute atomic E-state index is 0.128. The molecule has 2 rings (SSSR count). The zero-order valence-corrected chi connectivity index (χ0v) is 12.5. The largest absolute Gasteiger partial charge is 0.454 e. The van der Waals surface area contributed by atoms with Crippen LogP contribution in [-0.2, 0) is 23.6 Å². The van der Waals surface area contributed by atoms with Crippen LogP contribution in [0, 0.1) is 11.6 Å². The molecule has 2 aromatic rings. The monoisotopic (exact) mass is 384 g/mol. The van der Waals surface area contributed by atoms with Gasteiger partial charge in [-0.05, 0) is 29.8 Å². The van der Waals surface area contributed by atoms with Crippen LogP contribution in [0.3, 0.4) is 0 Å². The van der Waals surface area contributed by atoms with Gasteiger partial charge >= 0.3 is 12.4 Å². The third kappa shape index (κ3) is 4.50. The highest BCUT2D eigenvalue weighted by Crippen LogP contribution is 2.39. The number of benzene rings is 2. The van der Waals surface area contributed by atoms with Gasteiger partial charge < -0.3 is 9.53 Å². The summed E-state index contributed by atoms with van der Waals surface area (Å²) in [5, 5.41) is 0. The Morgan fingerprint density at radius 1 is 0.808 bits per heavy atom. The van der Waals surface area contributed by atoms with Gasteiger partial charge in [0.15, 0.2) is 11.6 Å². The van der Waals surface area contributed by atoms with Crippen molar-refractivity contribution in [3.05, 3.63) is 58.7 Å². The van der Waals surface area contributed by atoms with Crippen LogP contribution in [0.15, 0.2) is 30.3 Å². The van der Waals surface area contributed by atoms with Gasteiger partial charge in [-0.3, -0.25) is 0 Å². The quantitative estimate of drug-likeness (QED) is 0.511. The summed E-state index contributed by atoms with van der Waals surface area (Å²) in [7, 11) is 0. The second kappa shape index (κ2) is 6.93. The standard InChI is InChI=1S/C16H8F8O2/c17-12-7-14(13(18)3-8(12)1-2-25)26-11-5-9(15(19,20)21)4-10(6-11)16(22,23)24/h2-7H,1H2. The highest BCUT2D eigenvalue weighted by molar-refractivity contribution is 5.55. The summed E-state index contributed by atoms with van der Waals surface area (Å²) in [4.78, 5) is 10.3. The number of hydrogen-bond donors (Lipinski definition) is 0. The fourth-order valence-corrected chi connectivity index (χ4v) is 2.01. The van der Waals surface area contributed by atoms with E-state index in [-0.39, 0.29) is 23.8 Å². The zero-order valence-electron chi connectivity index (χ0n) is 12.5. The van der Waals surface area contributed by atoms with Crippen LogP contribution in [0.1, 0.15) is 16.7 Å². The van der Waals surface area contributed by atoms with Crippen molar-refractivity contribution in [1.29, 1.82) is 0 Å². The summed E-state index contributed by atoms with van der Waals surface area (Å²) in [5.74, 6) is -4.26. The molecule has 0 aliphatic rings. The molecule has 0 amide bonds. The first-order valence-electron chi connectivity index (χ1n) is 6.80. The molecule has 0 atom stereocenters. The third-order valence-corrected chi connectivity index (χ3v) is 3.19. The molecular formula is C16H8F8O2. The van der Waals surface area contributed by atoms with Gasteiger partial charge in [-0.25, -0.2) is 8.78 Å². The number of hydrogen-bond acceptors (Lipinski definition) is 2. The molecule has 0 aromatic heterocycles. The van der Waals surface area contributed by atoms with E-state index in [9.17, 15) is 39.9 Å². The van der Waals surface area contributed by atoms with E-state index in [4.69, 9.17) is 4.74 Å². The minimum atomic E-state index is -5.11. The van der Waals surface area contributed by atoms with Gasteiger partial charge in [0.2, 0.25) is 0 Å². The van der Waals surface area contributed by atoms with E-state index >= 15 is 0 Å².